The fraction of sp³-hybridized carbons (Fsp3) is 0.409. The van der Waals surface area contributed by atoms with E-state index in [-0.39, 0.29) is 17.9 Å². The van der Waals surface area contributed by atoms with E-state index in [4.69, 9.17) is 10.5 Å². The van der Waals surface area contributed by atoms with Crippen molar-refractivity contribution in [3.63, 3.8) is 0 Å². The fourth-order valence-corrected chi connectivity index (χ4v) is 4.36. The molecule has 27 heavy (non-hydrogen) atoms. The predicted octanol–water partition coefficient (Wildman–Crippen LogP) is 3.71. The van der Waals surface area contributed by atoms with Gasteiger partial charge in [-0.2, -0.15) is 10.5 Å². The van der Waals surface area contributed by atoms with Crippen LogP contribution >= 0.6 is 0 Å². The average molecular weight is 361 g/mol. The third-order valence-corrected chi connectivity index (χ3v) is 5.64. The van der Waals surface area contributed by atoms with Gasteiger partial charge in [0.1, 0.15) is 6.07 Å². The number of rotatable bonds is 3. The molecule has 2 aliphatic carbocycles. The first-order valence-electron chi connectivity index (χ1n) is 9.27. The predicted molar refractivity (Wildman–Crippen MR) is 101 cm³/mol. The molecular formula is C22H23N3O2. The summed E-state index contributed by atoms with van der Waals surface area (Å²) in [6, 6.07) is 13.8. The minimum absolute atomic E-state index is 0.0210. The van der Waals surface area contributed by atoms with Crippen LogP contribution in [0.15, 0.2) is 52.7 Å². The van der Waals surface area contributed by atoms with Gasteiger partial charge >= 0.3 is 5.97 Å². The molecule has 0 saturated heterocycles. The zero-order valence-electron chi connectivity index (χ0n) is 15.7. The lowest BCUT2D eigenvalue weighted by Gasteiger charge is -2.42. The van der Waals surface area contributed by atoms with Crippen molar-refractivity contribution in [2.24, 2.45) is 17.1 Å². The zero-order valence-corrected chi connectivity index (χ0v) is 15.7. The van der Waals surface area contributed by atoms with E-state index in [0.717, 1.165) is 36.0 Å². The maximum atomic E-state index is 13.1. The summed E-state index contributed by atoms with van der Waals surface area (Å²) in [5.74, 6) is -0.798. The van der Waals surface area contributed by atoms with Gasteiger partial charge in [0.2, 0.25) is 5.41 Å². The molecule has 0 aliphatic heterocycles. The van der Waals surface area contributed by atoms with Gasteiger partial charge in [-0.15, -0.1) is 0 Å². The third kappa shape index (κ3) is 2.80. The van der Waals surface area contributed by atoms with Gasteiger partial charge in [-0.1, -0.05) is 42.8 Å². The van der Waals surface area contributed by atoms with E-state index in [1.165, 1.54) is 0 Å². The van der Waals surface area contributed by atoms with Crippen LogP contribution in [0.3, 0.4) is 0 Å². The zero-order chi connectivity index (χ0) is 19.6. The number of hydrogen-bond acceptors (Lipinski definition) is 5. The molecule has 3 rings (SSSR count). The second kappa shape index (κ2) is 7.29. The maximum absolute atomic E-state index is 13.1. The fourth-order valence-electron chi connectivity index (χ4n) is 4.36. The molecule has 5 heteroatoms. The van der Waals surface area contributed by atoms with Gasteiger partial charge in [-0.25, -0.2) is 4.79 Å². The molecule has 5 nitrogen and oxygen atoms in total. The first kappa shape index (κ1) is 18.7. The molecule has 138 valence electrons. The summed E-state index contributed by atoms with van der Waals surface area (Å²) in [5, 5.41) is 20.0. The molecule has 1 aromatic rings. The van der Waals surface area contributed by atoms with Crippen LogP contribution in [0.2, 0.25) is 0 Å². The van der Waals surface area contributed by atoms with E-state index >= 15 is 0 Å². The van der Waals surface area contributed by atoms with Gasteiger partial charge in [-0.3, -0.25) is 0 Å². The summed E-state index contributed by atoms with van der Waals surface area (Å²) < 4.78 is 5.28. The molecule has 0 radical (unpaired) electrons. The molecule has 2 N–H and O–H groups in total. The van der Waals surface area contributed by atoms with Crippen LogP contribution in [-0.4, -0.2) is 12.6 Å². The topological polar surface area (TPSA) is 99.9 Å². The lowest BCUT2D eigenvalue weighted by atomic mass is 9.59. The van der Waals surface area contributed by atoms with E-state index in [0.29, 0.717) is 5.92 Å². The molecule has 0 amide bonds. The second-order valence-corrected chi connectivity index (χ2v) is 7.24. The van der Waals surface area contributed by atoms with Crippen LogP contribution in [0.1, 0.15) is 44.6 Å². The lowest BCUT2D eigenvalue weighted by molar-refractivity contribution is -0.151. The molecule has 0 bridgehead atoms. The second-order valence-electron chi connectivity index (χ2n) is 7.24. The van der Waals surface area contributed by atoms with Crippen molar-refractivity contribution in [3.8, 4) is 12.1 Å². The van der Waals surface area contributed by atoms with Gasteiger partial charge in [0.25, 0.3) is 0 Å². The molecule has 0 spiro atoms. The Morgan fingerprint density at radius 3 is 2.63 bits per heavy atom. The van der Waals surface area contributed by atoms with Crippen LogP contribution in [0.5, 0.6) is 0 Å². The summed E-state index contributed by atoms with van der Waals surface area (Å²) in [4.78, 5) is 13.1. The van der Waals surface area contributed by atoms with Gasteiger partial charge < -0.3 is 10.5 Å². The van der Waals surface area contributed by atoms with Crippen molar-refractivity contribution >= 4 is 5.97 Å². The maximum Gasteiger partial charge on any atom is 0.333 e. The molecule has 1 aromatic carbocycles. The molecule has 2 aliphatic rings. The van der Waals surface area contributed by atoms with Crippen LogP contribution in [0.4, 0.5) is 0 Å². The number of benzene rings is 1. The first-order chi connectivity index (χ1) is 13.0. The summed E-state index contributed by atoms with van der Waals surface area (Å²) in [5.41, 5.74) is 7.68. The Kier molecular flexibility index (Phi) is 5.06. The number of esters is 1. The Morgan fingerprint density at radius 2 is 2.04 bits per heavy atom. The van der Waals surface area contributed by atoms with E-state index in [1.807, 2.05) is 30.3 Å². The highest BCUT2D eigenvalue weighted by Crippen LogP contribution is 2.55. The Bertz CT molecular complexity index is 902. The van der Waals surface area contributed by atoms with Crippen LogP contribution < -0.4 is 5.73 Å². The molecule has 0 fully saturated rings. The monoisotopic (exact) mass is 361 g/mol. The van der Waals surface area contributed by atoms with Crippen molar-refractivity contribution in [1.82, 2.24) is 0 Å². The van der Waals surface area contributed by atoms with Crippen molar-refractivity contribution in [2.45, 2.75) is 39.0 Å². The number of nitrogens with two attached hydrogens (primary N) is 1. The van der Waals surface area contributed by atoms with Crippen LogP contribution in [0, 0.1) is 34.0 Å². The minimum atomic E-state index is -1.72. The van der Waals surface area contributed by atoms with E-state index in [1.54, 1.807) is 6.92 Å². The number of hydrogen-bond donors (Lipinski definition) is 1. The number of carbonyl (C=O) groups excluding carboxylic acids is 1. The molecule has 0 heterocycles. The molecule has 3 unspecified atom stereocenters. The number of ether oxygens (including phenoxy) is 1. The van der Waals surface area contributed by atoms with E-state index < -0.39 is 17.3 Å². The number of nitrogens with zero attached hydrogens (tertiary/aromatic N) is 2. The first-order valence-corrected chi connectivity index (χ1v) is 9.27. The van der Waals surface area contributed by atoms with E-state index in [9.17, 15) is 15.3 Å². The van der Waals surface area contributed by atoms with Gasteiger partial charge in [0, 0.05) is 5.92 Å². The summed E-state index contributed by atoms with van der Waals surface area (Å²) in [7, 11) is 0. The van der Waals surface area contributed by atoms with Crippen LogP contribution in [-0.2, 0) is 9.53 Å². The number of allylic oxidation sites excluding steroid dienone is 3. The summed E-state index contributed by atoms with van der Waals surface area (Å²) in [6.45, 7) is 3.98. The van der Waals surface area contributed by atoms with E-state index in [2.05, 4.69) is 19.1 Å². The normalized spacial score (nSPS) is 27.4. The standard InChI is InChI=1S/C22H23N3O2/c1-3-27-21(26)22(13-24)19(15-7-5-4-6-8-15)16-10-9-14(2)11-17(16)18(12-23)20(22)25/h4-8,14,19H,3,9-11,25H2,1-2H3. The molecule has 0 saturated carbocycles. The Balaban J connectivity index is 2.34. The highest BCUT2D eigenvalue weighted by Gasteiger charge is 2.56. The Morgan fingerprint density at radius 1 is 1.33 bits per heavy atom. The summed E-state index contributed by atoms with van der Waals surface area (Å²) >= 11 is 0. The lowest BCUT2D eigenvalue weighted by Crippen LogP contribution is -2.46. The van der Waals surface area contributed by atoms with Gasteiger partial charge in [-0.05, 0) is 43.2 Å². The minimum Gasteiger partial charge on any atom is -0.464 e. The van der Waals surface area contributed by atoms with Crippen molar-refractivity contribution < 1.29 is 9.53 Å². The molecule has 0 aromatic heterocycles. The highest BCUT2D eigenvalue weighted by molar-refractivity contribution is 5.88. The van der Waals surface area contributed by atoms with Gasteiger partial charge in [0.15, 0.2) is 0 Å². The van der Waals surface area contributed by atoms with Crippen molar-refractivity contribution in [2.75, 3.05) is 6.61 Å². The molecule has 3 atom stereocenters. The molecular weight excluding hydrogens is 338 g/mol. The van der Waals surface area contributed by atoms with Crippen LogP contribution in [0.25, 0.3) is 0 Å². The SMILES string of the molecule is CCOC(=O)C1(C#N)C(N)=C(C#N)C2=C(CCC(C)C2)C1c1ccccc1. The number of carbonyl (C=O) groups is 1. The quantitative estimate of drug-likeness (QED) is 0.827. The third-order valence-electron chi connectivity index (χ3n) is 5.64. The Labute approximate surface area is 159 Å². The smallest absolute Gasteiger partial charge is 0.333 e. The average Bonchev–Trinajstić information content (AvgIpc) is 2.68. The highest BCUT2D eigenvalue weighted by atomic mass is 16.5. The Hall–Kier alpha value is -3.05. The van der Waals surface area contributed by atoms with Crippen molar-refractivity contribution in [3.05, 3.63) is 58.3 Å². The number of nitriles is 2. The largest absolute Gasteiger partial charge is 0.464 e. The summed E-state index contributed by atoms with van der Waals surface area (Å²) in [6.07, 6.45) is 2.41. The van der Waals surface area contributed by atoms with Crippen molar-refractivity contribution in [1.29, 1.82) is 10.5 Å². The van der Waals surface area contributed by atoms with Gasteiger partial charge in [0.05, 0.1) is 23.9 Å².